The monoisotopic (exact) mass is 454 g/mol. The van der Waals surface area contributed by atoms with E-state index in [0.29, 0.717) is 29.4 Å². The highest BCUT2D eigenvalue weighted by Gasteiger charge is 2.44. The molecule has 3 aliphatic rings. The third-order valence-electron chi connectivity index (χ3n) is 6.08. The summed E-state index contributed by atoms with van der Waals surface area (Å²) >= 11 is 0. The summed E-state index contributed by atoms with van der Waals surface area (Å²) in [6.07, 6.45) is 0.0643. The van der Waals surface area contributed by atoms with Gasteiger partial charge in [-0.2, -0.15) is 0 Å². The molecule has 2 aromatic rings. The van der Waals surface area contributed by atoms with Gasteiger partial charge in [0.05, 0.1) is 12.5 Å². The molecule has 8 nitrogen and oxygen atoms in total. The number of hydrogen-bond acceptors (Lipinski definition) is 8. The lowest BCUT2D eigenvalue weighted by atomic mass is 9.82. The van der Waals surface area contributed by atoms with Crippen LogP contribution in [0.1, 0.15) is 37.5 Å². The molecule has 0 spiro atoms. The van der Waals surface area contributed by atoms with Crippen molar-refractivity contribution >= 4 is 11.9 Å². The zero-order valence-electron chi connectivity index (χ0n) is 18.6. The second-order valence-corrected chi connectivity index (χ2v) is 8.91. The first-order valence-electron chi connectivity index (χ1n) is 11.1. The van der Waals surface area contributed by atoms with E-state index in [1.165, 1.54) is 0 Å². The van der Waals surface area contributed by atoms with E-state index in [9.17, 15) is 9.59 Å². The Morgan fingerprint density at radius 2 is 1.61 bits per heavy atom. The van der Waals surface area contributed by atoms with Gasteiger partial charge in [0, 0.05) is 12.3 Å². The number of carbonyl (C=O) groups excluding carboxylic acids is 2. The fraction of sp³-hybridized carbons (Fsp3) is 0.440. The van der Waals surface area contributed by atoms with Crippen LogP contribution in [0.3, 0.4) is 0 Å². The van der Waals surface area contributed by atoms with Crippen molar-refractivity contribution in [2.45, 2.75) is 32.8 Å². The summed E-state index contributed by atoms with van der Waals surface area (Å²) in [5, 5.41) is 0. The molecule has 8 heteroatoms. The first-order chi connectivity index (χ1) is 16.0. The lowest BCUT2D eigenvalue weighted by Gasteiger charge is -2.27. The van der Waals surface area contributed by atoms with E-state index in [1.54, 1.807) is 6.07 Å². The normalized spacial score (nSPS) is 21.2. The Kier molecular flexibility index (Phi) is 5.74. The first kappa shape index (κ1) is 21.4. The minimum absolute atomic E-state index is 0.147. The fourth-order valence-electron chi connectivity index (χ4n) is 4.45. The van der Waals surface area contributed by atoms with Crippen molar-refractivity contribution in [2.24, 2.45) is 17.8 Å². The predicted octanol–water partition coefficient (Wildman–Crippen LogP) is 3.81. The van der Waals surface area contributed by atoms with Gasteiger partial charge in [0.2, 0.25) is 13.6 Å². The van der Waals surface area contributed by atoms with Gasteiger partial charge in [0.1, 0.15) is 6.10 Å². The molecular weight excluding hydrogens is 428 g/mol. The number of hydrogen-bond donors (Lipinski definition) is 0. The molecule has 1 saturated heterocycles. The van der Waals surface area contributed by atoms with Crippen LogP contribution in [0.2, 0.25) is 0 Å². The van der Waals surface area contributed by atoms with Gasteiger partial charge in [-0.3, -0.25) is 9.59 Å². The standard InChI is InChI=1S/C25H26O8/c1-14(2)7-23(26)33-24(16-4-6-20-22(10-16)32-13-30-20)18-11-28-25(27)17(18)8-15-3-5-19-21(9-15)31-12-29-19/h3-6,9-10,14,17-18,24H,7-8,11-13H2,1-2H3. The average Bonchev–Trinajstić information content (AvgIpc) is 3.51. The Balaban J connectivity index is 1.43. The van der Waals surface area contributed by atoms with Crippen LogP contribution in [0, 0.1) is 17.8 Å². The lowest BCUT2D eigenvalue weighted by molar-refractivity contribution is -0.154. The maximum Gasteiger partial charge on any atom is 0.309 e. The summed E-state index contributed by atoms with van der Waals surface area (Å²) in [7, 11) is 0. The highest BCUT2D eigenvalue weighted by molar-refractivity contribution is 5.76. The summed E-state index contributed by atoms with van der Waals surface area (Å²) in [6.45, 7) is 4.42. The second-order valence-electron chi connectivity index (χ2n) is 8.91. The van der Waals surface area contributed by atoms with Gasteiger partial charge in [-0.1, -0.05) is 26.0 Å². The molecule has 0 amide bonds. The molecule has 0 radical (unpaired) electrons. The topological polar surface area (TPSA) is 89.5 Å². The van der Waals surface area contributed by atoms with E-state index < -0.39 is 12.0 Å². The van der Waals surface area contributed by atoms with Crippen molar-refractivity contribution in [1.82, 2.24) is 0 Å². The molecule has 5 rings (SSSR count). The SMILES string of the molecule is CC(C)CC(=O)OC(c1ccc2c(c1)OCO2)C1COC(=O)C1Cc1ccc2c(c1)OCO2. The largest absolute Gasteiger partial charge is 0.465 e. The third kappa shape index (κ3) is 4.42. The van der Waals surface area contributed by atoms with Crippen molar-refractivity contribution in [3.63, 3.8) is 0 Å². The van der Waals surface area contributed by atoms with Crippen molar-refractivity contribution in [3.05, 3.63) is 47.5 Å². The highest BCUT2D eigenvalue weighted by Crippen LogP contribution is 2.43. The van der Waals surface area contributed by atoms with Crippen LogP contribution >= 0.6 is 0 Å². The first-order valence-corrected chi connectivity index (χ1v) is 11.1. The van der Waals surface area contributed by atoms with Gasteiger partial charge >= 0.3 is 11.9 Å². The van der Waals surface area contributed by atoms with E-state index in [2.05, 4.69) is 0 Å². The minimum atomic E-state index is -0.656. The molecule has 0 bridgehead atoms. The molecule has 1 fully saturated rings. The summed E-state index contributed by atoms with van der Waals surface area (Å²) in [6, 6.07) is 11.1. The number of benzene rings is 2. The summed E-state index contributed by atoms with van der Waals surface area (Å²) < 4.78 is 33.2. The Labute approximate surface area is 191 Å². The van der Waals surface area contributed by atoms with Gasteiger partial charge in [0.15, 0.2) is 23.0 Å². The molecule has 3 unspecified atom stereocenters. The van der Waals surface area contributed by atoms with Crippen LogP contribution in [0.5, 0.6) is 23.0 Å². The fourth-order valence-corrected chi connectivity index (χ4v) is 4.45. The van der Waals surface area contributed by atoms with Crippen LogP contribution in [-0.4, -0.2) is 32.1 Å². The lowest BCUT2D eigenvalue weighted by Crippen LogP contribution is -2.28. The number of carbonyl (C=O) groups is 2. The Bertz CT molecular complexity index is 1060. The van der Waals surface area contributed by atoms with E-state index in [0.717, 1.165) is 11.1 Å². The molecule has 2 aromatic carbocycles. The summed E-state index contributed by atoms with van der Waals surface area (Å²) in [5.74, 6) is 1.29. The molecule has 3 atom stereocenters. The molecule has 0 aliphatic carbocycles. The number of fused-ring (bicyclic) bond motifs is 2. The van der Waals surface area contributed by atoms with E-state index >= 15 is 0 Å². The summed E-state index contributed by atoms with van der Waals surface area (Å²) in [4.78, 5) is 25.4. The van der Waals surface area contributed by atoms with Crippen molar-refractivity contribution in [2.75, 3.05) is 20.2 Å². The van der Waals surface area contributed by atoms with Crippen LogP contribution < -0.4 is 18.9 Å². The molecule has 33 heavy (non-hydrogen) atoms. The maximum absolute atomic E-state index is 12.7. The van der Waals surface area contributed by atoms with Gasteiger partial charge in [-0.25, -0.2) is 0 Å². The molecular formula is C25H26O8. The van der Waals surface area contributed by atoms with Crippen LogP contribution in [0.25, 0.3) is 0 Å². The van der Waals surface area contributed by atoms with E-state index in [4.69, 9.17) is 28.4 Å². The van der Waals surface area contributed by atoms with Gasteiger partial charge in [-0.15, -0.1) is 0 Å². The van der Waals surface area contributed by atoms with Crippen molar-refractivity contribution in [3.8, 4) is 23.0 Å². The van der Waals surface area contributed by atoms with Crippen molar-refractivity contribution < 1.29 is 38.0 Å². The van der Waals surface area contributed by atoms with Crippen LogP contribution in [0.15, 0.2) is 36.4 Å². The van der Waals surface area contributed by atoms with E-state index in [-0.39, 0.29) is 50.4 Å². The number of ether oxygens (including phenoxy) is 6. The molecule has 0 aromatic heterocycles. The van der Waals surface area contributed by atoms with Crippen LogP contribution in [0.4, 0.5) is 0 Å². The Hall–Kier alpha value is -3.42. The van der Waals surface area contributed by atoms with Gasteiger partial charge in [0.25, 0.3) is 0 Å². The Morgan fingerprint density at radius 3 is 2.33 bits per heavy atom. The highest BCUT2D eigenvalue weighted by atomic mass is 16.7. The number of cyclic esters (lactones) is 1. The van der Waals surface area contributed by atoms with Gasteiger partial charge < -0.3 is 28.4 Å². The Morgan fingerprint density at radius 1 is 0.939 bits per heavy atom. The zero-order chi connectivity index (χ0) is 22.9. The molecule has 3 aliphatic heterocycles. The average molecular weight is 454 g/mol. The smallest absolute Gasteiger partial charge is 0.309 e. The molecule has 0 N–H and O–H groups in total. The predicted molar refractivity (Wildman–Crippen MR) is 115 cm³/mol. The molecule has 3 heterocycles. The molecule has 0 saturated carbocycles. The third-order valence-corrected chi connectivity index (χ3v) is 6.08. The van der Waals surface area contributed by atoms with E-state index in [1.807, 2.05) is 44.2 Å². The quantitative estimate of drug-likeness (QED) is 0.584. The second kappa shape index (κ2) is 8.84. The van der Waals surface area contributed by atoms with Crippen molar-refractivity contribution in [1.29, 1.82) is 0 Å². The maximum atomic E-state index is 12.7. The molecule has 174 valence electrons. The van der Waals surface area contributed by atoms with Gasteiger partial charge in [-0.05, 0) is 47.7 Å². The van der Waals surface area contributed by atoms with Crippen LogP contribution in [-0.2, 0) is 25.5 Å². The minimum Gasteiger partial charge on any atom is -0.465 e. The number of esters is 2. The zero-order valence-corrected chi connectivity index (χ0v) is 18.6. The summed E-state index contributed by atoms with van der Waals surface area (Å²) in [5.41, 5.74) is 1.67. The number of rotatable bonds is 7.